The van der Waals surface area contributed by atoms with E-state index < -0.39 is 19.2 Å². The Labute approximate surface area is 331 Å². The lowest BCUT2D eigenvalue weighted by Gasteiger charge is -2.42. The molecule has 0 spiro atoms. The monoisotopic (exact) mass is 781 g/mol. The summed E-state index contributed by atoms with van der Waals surface area (Å²) in [5.74, 6) is 0.671. The summed E-state index contributed by atoms with van der Waals surface area (Å²) in [5, 5.41) is 33.8. The second-order valence-corrected chi connectivity index (χ2v) is 14.2. The van der Waals surface area contributed by atoms with Gasteiger partial charge in [-0.1, -0.05) is 31.2 Å². The van der Waals surface area contributed by atoms with Crippen molar-refractivity contribution in [3.8, 4) is 6.07 Å². The van der Waals surface area contributed by atoms with Gasteiger partial charge in [-0.2, -0.15) is 5.26 Å². The average molecular weight is 782 g/mol. The van der Waals surface area contributed by atoms with Gasteiger partial charge in [-0.25, -0.2) is 24.4 Å². The third-order valence-corrected chi connectivity index (χ3v) is 10.1. The van der Waals surface area contributed by atoms with E-state index in [4.69, 9.17) is 10.00 Å². The van der Waals surface area contributed by atoms with Crippen LogP contribution in [0, 0.1) is 17.2 Å². The van der Waals surface area contributed by atoms with Crippen LogP contribution in [0.5, 0.6) is 0 Å². The smallest absolute Gasteiger partial charge is 0.444 e. The van der Waals surface area contributed by atoms with Crippen molar-refractivity contribution in [1.82, 2.24) is 29.2 Å². The largest absolute Gasteiger partial charge is 0.488 e. The summed E-state index contributed by atoms with van der Waals surface area (Å²) < 4.78 is 6.78. The zero-order valence-corrected chi connectivity index (χ0v) is 32.9. The van der Waals surface area contributed by atoms with E-state index in [0.717, 1.165) is 12.1 Å². The molecule has 0 bridgehead atoms. The van der Waals surface area contributed by atoms with Gasteiger partial charge in [-0.3, -0.25) is 14.7 Å². The van der Waals surface area contributed by atoms with Crippen LogP contribution in [0.2, 0.25) is 0 Å². The molecule has 19 heteroatoms. The van der Waals surface area contributed by atoms with Crippen molar-refractivity contribution < 1.29 is 34.0 Å². The quantitative estimate of drug-likeness (QED) is 0.153. The number of urea groups is 1. The van der Waals surface area contributed by atoms with Crippen LogP contribution in [0.25, 0.3) is 11.0 Å². The molecule has 18 nitrogen and oxygen atoms in total. The van der Waals surface area contributed by atoms with Crippen LogP contribution < -0.4 is 25.9 Å². The van der Waals surface area contributed by atoms with E-state index in [-0.39, 0.29) is 50.0 Å². The molecule has 2 aromatic heterocycles. The number of rotatable bonds is 12. The van der Waals surface area contributed by atoms with Crippen molar-refractivity contribution in [3.05, 3.63) is 66.6 Å². The van der Waals surface area contributed by atoms with Crippen LogP contribution in [0.15, 0.2) is 61.1 Å². The molecular formula is C38H48BN11O7. The second-order valence-electron chi connectivity index (χ2n) is 14.2. The number of hydrogen-bond acceptors (Lipinski definition) is 12. The summed E-state index contributed by atoms with van der Waals surface area (Å²) in [4.78, 5) is 69.8. The Kier molecular flexibility index (Phi) is 13.6. The fourth-order valence-corrected chi connectivity index (χ4v) is 6.49. The van der Waals surface area contributed by atoms with Crippen molar-refractivity contribution in [2.75, 3.05) is 81.9 Å². The topological polar surface area (TPSA) is 213 Å². The highest BCUT2D eigenvalue weighted by Gasteiger charge is 2.33. The van der Waals surface area contributed by atoms with Gasteiger partial charge in [0, 0.05) is 73.3 Å². The maximum atomic E-state index is 13.7. The molecule has 0 aliphatic carbocycles. The number of aromatic nitrogens is 3. The standard InChI is InChI=1S/C38H48BN11O7/c1-25-14-17-49(33(51)13-16-40)22-32(25)48(6)34-29-15-18-50(35(29)42-24-41-34)38(54)47(5)20-19-46(4)36(52)43-31-21-28(45(2)3)11-12-30(31)44-37(53)57-23-26-7-9-27(10-8-26)39(55)56/h7-12,15,18,21,24-25,32,55-56H,13-14,17,19-20,22-23H2,1-6H3,(H,43,52)(H,44,53)/t25-,32+/m1/s1. The van der Waals surface area contributed by atoms with Crippen LogP contribution >= 0.6 is 0 Å². The van der Waals surface area contributed by atoms with Gasteiger partial charge in [0.05, 0.1) is 28.9 Å². The van der Waals surface area contributed by atoms with Crippen LogP contribution in [0.3, 0.4) is 0 Å². The third kappa shape index (κ3) is 10.1. The first-order chi connectivity index (χ1) is 27.2. The number of likely N-dealkylation sites (N-methyl/N-ethyl adjacent to an activating group) is 3. The highest BCUT2D eigenvalue weighted by molar-refractivity contribution is 6.58. The summed E-state index contributed by atoms with van der Waals surface area (Å²) in [5.41, 5.74) is 2.74. The Morgan fingerprint density at radius 2 is 1.68 bits per heavy atom. The van der Waals surface area contributed by atoms with Crippen molar-refractivity contribution in [3.63, 3.8) is 0 Å². The van der Waals surface area contributed by atoms with Gasteiger partial charge in [-0.15, -0.1) is 0 Å². The first-order valence-electron chi connectivity index (χ1n) is 18.4. The summed E-state index contributed by atoms with van der Waals surface area (Å²) >= 11 is 0. The van der Waals surface area contributed by atoms with Gasteiger partial charge in [0.1, 0.15) is 25.2 Å². The first-order valence-corrected chi connectivity index (χ1v) is 18.4. The van der Waals surface area contributed by atoms with E-state index in [9.17, 15) is 29.2 Å². The Morgan fingerprint density at radius 3 is 2.37 bits per heavy atom. The molecule has 5 amide bonds. The number of anilines is 4. The lowest BCUT2D eigenvalue weighted by Crippen LogP contribution is -2.52. The van der Waals surface area contributed by atoms with Crippen LogP contribution in [-0.4, -0.2) is 138 Å². The number of carbonyl (C=O) groups excluding carboxylic acids is 4. The lowest BCUT2D eigenvalue weighted by molar-refractivity contribution is -0.131. The van der Waals surface area contributed by atoms with Crippen molar-refractivity contribution in [1.29, 1.82) is 5.26 Å². The number of carbonyl (C=O) groups is 4. The molecule has 3 heterocycles. The minimum absolute atomic E-state index is 0.0619. The van der Waals surface area contributed by atoms with Gasteiger partial charge in [0.15, 0.2) is 5.65 Å². The molecular weight excluding hydrogens is 733 g/mol. The normalized spacial score (nSPS) is 15.0. The molecule has 1 aliphatic heterocycles. The van der Waals surface area contributed by atoms with Crippen LogP contribution in [-0.2, 0) is 16.1 Å². The predicted octanol–water partition coefficient (Wildman–Crippen LogP) is 2.58. The minimum atomic E-state index is -1.60. The van der Waals surface area contributed by atoms with E-state index in [0.29, 0.717) is 52.3 Å². The summed E-state index contributed by atoms with van der Waals surface area (Å²) in [6.07, 6.45) is 2.89. The number of nitriles is 1. The predicted molar refractivity (Wildman–Crippen MR) is 216 cm³/mol. The molecule has 4 N–H and O–H groups in total. The molecule has 0 radical (unpaired) electrons. The van der Waals surface area contributed by atoms with Crippen LogP contribution in [0.1, 0.15) is 25.3 Å². The first kappa shape index (κ1) is 41.8. The number of ether oxygens (including phenoxy) is 1. The molecule has 4 aromatic rings. The molecule has 0 unspecified atom stereocenters. The molecule has 300 valence electrons. The minimum Gasteiger partial charge on any atom is -0.444 e. The average Bonchev–Trinajstić information content (AvgIpc) is 3.64. The van der Waals surface area contributed by atoms with Crippen molar-refractivity contribution in [2.24, 2.45) is 5.92 Å². The van der Waals surface area contributed by atoms with E-state index in [1.807, 2.05) is 37.0 Å². The SMILES string of the molecule is C[C@@H]1CCN(C(=O)CC#N)C[C@@H]1N(C)c1ncnc2c1ccn2C(=O)N(C)CCN(C)C(=O)Nc1cc(N(C)C)ccc1NC(=O)OCc1ccc(B(O)O)cc1. The van der Waals surface area contributed by atoms with E-state index in [1.54, 1.807) is 61.6 Å². The number of nitrogens with one attached hydrogen (secondary N) is 2. The Morgan fingerprint density at radius 1 is 0.965 bits per heavy atom. The number of benzene rings is 2. The van der Waals surface area contributed by atoms with Crippen molar-refractivity contribution in [2.45, 2.75) is 32.4 Å². The van der Waals surface area contributed by atoms with Gasteiger partial charge in [-0.05, 0) is 47.6 Å². The van der Waals surface area contributed by atoms with Crippen molar-refractivity contribution >= 4 is 70.6 Å². The maximum absolute atomic E-state index is 13.7. The number of nitrogens with zero attached hydrogens (tertiary/aromatic N) is 9. The highest BCUT2D eigenvalue weighted by atomic mass is 16.5. The molecule has 2 aromatic carbocycles. The van der Waals surface area contributed by atoms with Gasteiger partial charge in [0.2, 0.25) is 5.91 Å². The molecule has 5 rings (SSSR count). The fraction of sp³-hybridized carbons (Fsp3) is 0.395. The zero-order valence-electron chi connectivity index (χ0n) is 32.9. The van der Waals surface area contributed by atoms with Gasteiger partial charge < -0.3 is 44.6 Å². The Bertz CT molecular complexity index is 2120. The Balaban J connectivity index is 1.20. The zero-order chi connectivity index (χ0) is 41.4. The number of amides is 5. The van der Waals surface area contributed by atoms with E-state index >= 15 is 0 Å². The molecule has 0 saturated carbocycles. The van der Waals surface area contributed by atoms with E-state index in [2.05, 4.69) is 27.5 Å². The maximum Gasteiger partial charge on any atom is 0.488 e. The Hall–Kier alpha value is -6.39. The highest BCUT2D eigenvalue weighted by Crippen LogP contribution is 2.30. The lowest BCUT2D eigenvalue weighted by atomic mass is 9.80. The number of piperidine rings is 1. The second kappa shape index (κ2) is 18.5. The number of hydrogen-bond donors (Lipinski definition) is 4. The van der Waals surface area contributed by atoms with Gasteiger partial charge in [0.25, 0.3) is 0 Å². The van der Waals surface area contributed by atoms with Crippen LogP contribution in [0.4, 0.5) is 37.3 Å². The summed E-state index contributed by atoms with van der Waals surface area (Å²) in [6, 6.07) is 14.2. The third-order valence-electron chi connectivity index (χ3n) is 10.1. The molecule has 2 atom stereocenters. The number of fused-ring (bicyclic) bond motifs is 1. The molecule has 57 heavy (non-hydrogen) atoms. The molecule has 1 fully saturated rings. The number of likely N-dealkylation sites (tertiary alicyclic amines) is 1. The van der Waals surface area contributed by atoms with E-state index in [1.165, 1.54) is 32.8 Å². The molecule has 1 saturated heterocycles. The molecule has 1 aliphatic rings. The fourth-order valence-electron chi connectivity index (χ4n) is 6.49. The summed E-state index contributed by atoms with van der Waals surface area (Å²) in [7, 11) is 7.21. The van der Waals surface area contributed by atoms with Gasteiger partial charge >= 0.3 is 25.3 Å². The summed E-state index contributed by atoms with van der Waals surface area (Å²) in [6.45, 7) is 3.45.